The van der Waals surface area contributed by atoms with Gasteiger partial charge in [0.05, 0.1) is 13.0 Å². The van der Waals surface area contributed by atoms with Crippen LogP contribution in [0.5, 0.6) is 5.75 Å². The molecule has 1 fully saturated rings. The number of aryl methyl sites for hydroxylation is 2. The van der Waals surface area contributed by atoms with E-state index in [1.54, 1.807) is 4.52 Å². The quantitative estimate of drug-likeness (QED) is 0.628. The fourth-order valence-electron chi connectivity index (χ4n) is 4.16. The van der Waals surface area contributed by atoms with E-state index in [1.807, 2.05) is 39.0 Å². The van der Waals surface area contributed by atoms with Crippen molar-refractivity contribution in [3.05, 3.63) is 53.1 Å². The van der Waals surface area contributed by atoms with Crippen molar-refractivity contribution < 1.29 is 14.3 Å². The minimum absolute atomic E-state index is 0.0953. The molecule has 1 aromatic carbocycles. The predicted molar refractivity (Wildman–Crippen MR) is 116 cm³/mol. The molecule has 0 bridgehead atoms. The first-order valence-corrected chi connectivity index (χ1v) is 10.8. The molecule has 8 heteroatoms. The van der Waals surface area contributed by atoms with E-state index in [9.17, 15) is 4.79 Å². The second kappa shape index (κ2) is 9.01. The molecule has 31 heavy (non-hydrogen) atoms. The van der Waals surface area contributed by atoms with Gasteiger partial charge in [-0.15, -0.1) is 5.10 Å². The van der Waals surface area contributed by atoms with Crippen LogP contribution in [0, 0.1) is 13.8 Å². The van der Waals surface area contributed by atoms with Gasteiger partial charge in [0.2, 0.25) is 5.91 Å². The van der Waals surface area contributed by atoms with E-state index in [0.29, 0.717) is 38.0 Å². The highest BCUT2D eigenvalue weighted by atomic mass is 16.5. The van der Waals surface area contributed by atoms with Crippen molar-refractivity contribution in [2.24, 2.45) is 0 Å². The molecule has 2 aromatic heterocycles. The van der Waals surface area contributed by atoms with Crippen LogP contribution >= 0.6 is 0 Å². The number of amides is 1. The van der Waals surface area contributed by atoms with Crippen LogP contribution in [0.1, 0.15) is 42.5 Å². The summed E-state index contributed by atoms with van der Waals surface area (Å²) in [6.07, 6.45) is 1.84. The molecule has 3 heterocycles. The van der Waals surface area contributed by atoms with Crippen LogP contribution in [0.2, 0.25) is 0 Å². The normalized spacial score (nSPS) is 15.7. The lowest BCUT2D eigenvalue weighted by Crippen LogP contribution is -2.45. The highest BCUT2D eigenvalue weighted by molar-refractivity contribution is 5.78. The molecule has 0 aliphatic carbocycles. The number of fused-ring (bicyclic) bond motifs is 1. The number of ether oxygens (including phenoxy) is 2. The Kier molecular flexibility index (Phi) is 6.18. The predicted octanol–water partition coefficient (Wildman–Crippen LogP) is 2.55. The molecule has 1 N–H and O–H groups in total. The zero-order valence-electron chi connectivity index (χ0n) is 18.4. The highest BCUT2D eigenvalue weighted by Crippen LogP contribution is 2.35. The largest absolute Gasteiger partial charge is 0.494 e. The summed E-state index contributed by atoms with van der Waals surface area (Å²) in [5.74, 6) is 1.76. The highest BCUT2D eigenvalue weighted by Gasteiger charge is 2.35. The van der Waals surface area contributed by atoms with Crippen molar-refractivity contribution in [2.75, 3.05) is 26.4 Å². The Morgan fingerprint density at radius 3 is 2.65 bits per heavy atom. The maximum Gasteiger partial charge on any atom is 0.252 e. The number of hydrogen-bond acceptors (Lipinski definition) is 6. The summed E-state index contributed by atoms with van der Waals surface area (Å²) < 4.78 is 12.8. The van der Waals surface area contributed by atoms with Crippen LogP contribution in [0.4, 0.5) is 0 Å². The third kappa shape index (κ3) is 4.69. The molecule has 0 unspecified atom stereocenters. The van der Waals surface area contributed by atoms with Gasteiger partial charge in [-0.25, -0.2) is 9.50 Å². The number of aromatic nitrogens is 4. The van der Waals surface area contributed by atoms with E-state index in [0.717, 1.165) is 30.0 Å². The van der Waals surface area contributed by atoms with Gasteiger partial charge in [0.15, 0.2) is 5.82 Å². The van der Waals surface area contributed by atoms with Crippen LogP contribution in [-0.2, 0) is 21.4 Å². The second-order valence-corrected chi connectivity index (χ2v) is 8.08. The van der Waals surface area contributed by atoms with Crippen molar-refractivity contribution in [1.29, 1.82) is 0 Å². The van der Waals surface area contributed by atoms with Crippen LogP contribution in [0.3, 0.4) is 0 Å². The maximum atomic E-state index is 12.7. The fraction of sp³-hybridized carbons (Fsp3) is 0.478. The van der Waals surface area contributed by atoms with E-state index >= 15 is 0 Å². The van der Waals surface area contributed by atoms with Crippen molar-refractivity contribution >= 4 is 11.7 Å². The Morgan fingerprint density at radius 2 is 1.94 bits per heavy atom. The van der Waals surface area contributed by atoms with Crippen LogP contribution in [0.15, 0.2) is 30.3 Å². The van der Waals surface area contributed by atoms with E-state index in [2.05, 4.69) is 32.5 Å². The van der Waals surface area contributed by atoms with E-state index in [-0.39, 0.29) is 17.7 Å². The molecule has 0 atom stereocenters. The van der Waals surface area contributed by atoms with Gasteiger partial charge in [-0.3, -0.25) is 4.79 Å². The van der Waals surface area contributed by atoms with Gasteiger partial charge in [-0.2, -0.15) is 4.98 Å². The molecule has 4 rings (SSSR count). The van der Waals surface area contributed by atoms with Gasteiger partial charge in [0, 0.05) is 36.6 Å². The number of nitrogens with one attached hydrogen (secondary N) is 1. The third-order valence-corrected chi connectivity index (χ3v) is 5.83. The molecule has 1 saturated heterocycles. The Bertz CT molecular complexity index is 1060. The lowest BCUT2D eigenvalue weighted by atomic mass is 9.74. The van der Waals surface area contributed by atoms with E-state index in [4.69, 9.17) is 9.47 Å². The fourth-order valence-corrected chi connectivity index (χ4v) is 4.16. The summed E-state index contributed by atoms with van der Waals surface area (Å²) in [6, 6.07) is 10.1. The van der Waals surface area contributed by atoms with Crippen molar-refractivity contribution in [3.63, 3.8) is 0 Å². The molecule has 164 valence electrons. The summed E-state index contributed by atoms with van der Waals surface area (Å²) >= 11 is 0. The van der Waals surface area contributed by atoms with Gasteiger partial charge >= 0.3 is 0 Å². The minimum atomic E-state index is -0.153. The standard InChI is InChI=1S/C23H29N5O3/c1-4-31-19-7-5-18(6-8-19)23(9-11-30-12-10-23)15-24-21(29)14-20-26-22-25-16(2)13-17(3)28(22)27-20/h5-8,13H,4,9-12,14-15H2,1-3H3,(H,24,29). The summed E-state index contributed by atoms with van der Waals surface area (Å²) in [6.45, 7) is 8.39. The van der Waals surface area contributed by atoms with E-state index in [1.165, 1.54) is 5.56 Å². The Balaban J connectivity index is 1.46. The number of hydrogen-bond donors (Lipinski definition) is 1. The average molecular weight is 424 g/mol. The van der Waals surface area contributed by atoms with Gasteiger partial charge in [-0.1, -0.05) is 12.1 Å². The van der Waals surface area contributed by atoms with Crippen LogP contribution in [0.25, 0.3) is 5.78 Å². The minimum Gasteiger partial charge on any atom is -0.494 e. The molecule has 3 aromatic rings. The topological polar surface area (TPSA) is 90.6 Å². The molecule has 0 spiro atoms. The monoisotopic (exact) mass is 423 g/mol. The molecule has 0 radical (unpaired) electrons. The van der Waals surface area contributed by atoms with E-state index < -0.39 is 0 Å². The van der Waals surface area contributed by atoms with Gasteiger partial charge in [0.25, 0.3) is 5.78 Å². The molecule has 8 nitrogen and oxygen atoms in total. The number of carbonyl (C=O) groups excluding carboxylic acids is 1. The number of carbonyl (C=O) groups is 1. The lowest BCUT2D eigenvalue weighted by molar-refractivity contribution is -0.121. The summed E-state index contributed by atoms with van der Waals surface area (Å²) in [5.41, 5.74) is 2.87. The smallest absolute Gasteiger partial charge is 0.252 e. The molecule has 1 aliphatic rings. The Morgan fingerprint density at radius 1 is 1.19 bits per heavy atom. The van der Waals surface area contributed by atoms with Gasteiger partial charge in [0.1, 0.15) is 5.75 Å². The first-order valence-electron chi connectivity index (χ1n) is 10.8. The van der Waals surface area contributed by atoms with Gasteiger partial charge in [-0.05, 0) is 57.4 Å². The zero-order chi connectivity index (χ0) is 21.8. The van der Waals surface area contributed by atoms with Crippen molar-refractivity contribution in [1.82, 2.24) is 24.9 Å². The first-order chi connectivity index (χ1) is 15.0. The zero-order valence-corrected chi connectivity index (χ0v) is 18.4. The Labute approximate surface area is 182 Å². The first kappa shape index (κ1) is 21.2. The van der Waals surface area contributed by atoms with Crippen LogP contribution in [-0.4, -0.2) is 51.9 Å². The number of benzene rings is 1. The maximum absolute atomic E-state index is 12.7. The van der Waals surface area contributed by atoms with Gasteiger partial charge < -0.3 is 14.8 Å². The molecular weight excluding hydrogens is 394 g/mol. The molecule has 0 saturated carbocycles. The summed E-state index contributed by atoms with van der Waals surface area (Å²) in [4.78, 5) is 21.5. The second-order valence-electron chi connectivity index (χ2n) is 8.08. The number of nitrogens with zero attached hydrogens (tertiary/aromatic N) is 4. The lowest BCUT2D eigenvalue weighted by Gasteiger charge is -2.38. The average Bonchev–Trinajstić information content (AvgIpc) is 3.16. The number of rotatable bonds is 7. The Hall–Kier alpha value is -3.00. The SMILES string of the molecule is CCOc1ccc(C2(CNC(=O)Cc3nc4nc(C)cc(C)n4n3)CCOCC2)cc1. The van der Waals surface area contributed by atoms with Crippen LogP contribution < -0.4 is 10.1 Å². The summed E-state index contributed by atoms with van der Waals surface area (Å²) in [7, 11) is 0. The molecule has 1 aliphatic heterocycles. The molecular formula is C23H29N5O3. The van der Waals surface area contributed by atoms with Crippen molar-refractivity contribution in [2.45, 2.75) is 45.4 Å². The van der Waals surface area contributed by atoms with Crippen molar-refractivity contribution in [3.8, 4) is 5.75 Å². The summed E-state index contributed by atoms with van der Waals surface area (Å²) in [5, 5.41) is 7.55. The third-order valence-electron chi connectivity index (χ3n) is 5.83. The molecule has 1 amide bonds.